The van der Waals surface area contributed by atoms with E-state index < -0.39 is 0 Å². The molecule has 0 unspecified atom stereocenters. The fraction of sp³-hybridized carbons (Fsp3) is 0.0938. The molecule has 4 nitrogen and oxygen atoms in total. The molecule has 1 heterocycles. The Hall–Kier alpha value is -4.57. The number of aromatic nitrogens is 1. The summed E-state index contributed by atoms with van der Waals surface area (Å²) in [6.45, 7) is 4.49. The summed E-state index contributed by atoms with van der Waals surface area (Å²) in [6.07, 6.45) is 3.05. The molecule has 36 heavy (non-hydrogen) atoms. The van der Waals surface area contributed by atoms with Crippen molar-refractivity contribution < 1.29 is 4.92 Å². The van der Waals surface area contributed by atoms with Gasteiger partial charge in [-0.3, -0.25) is 15.1 Å². The first-order valence-electron chi connectivity index (χ1n) is 12.1. The van der Waals surface area contributed by atoms with Crippen molar-refractivity contribution in [1.82, 2.24) is 4.98 Å². The molecule has 6 aromatic rings. The van der Waals surface area contributed by atoms with E-state index in [1.807, 2.05) is 6.07 Å². The highest BCUT2D eigenvalue weighted by Crippen LogP contribution is 2.52. The molecule has 0 fully saturated rings. The van der Waals surface area contributed by atoms with E-state index in [4.69, 9.17) is 0 Å². The van der Waals surface area contributed by atoms with Gasteiger partial charge in [0.05, 0.1) is 10.5 Å². The Morgan fingerprint density at radius 1 is 0.667 bits per heavy atom. The molecule has 7 rings (SSSR count). The maximum atomic E-state index is 11.7. The van der Waals surface area contributed by atoms with Gasteiger partial charge in [0.25, 0.3) is 5.69 Å². The predicted molar refractivity (Wildman–Crippen MR) is 146 cm³/mol. The van der Waals surface area contributed by atoms with Gasteiger partial charge in [0.15, 0.2) is 0 Å². The monoisotopic (exact) mass is 466 g/mol. The Labute approximate surface area is 208 Å². The van der Waals surface area contributed by atoms with E-state index in [0.29, 0.717) is 5.56 Å². The molecule has 0 atom stereocenters. The van der Waals surface area contributed by atoms with Crippen LogP contribution >= 0.6 is 0 Å². The summed E-state index contributed by atoms with van der Waals surface area (Å²) in [4.78, 5) is 15.5. The van der Waals surface area contributed by atoms with Crippen LogP contribution in [0.25, 0.3) is 54.6 Å². The topological polar surface area (TPSA) is 56.0 Å². The third-order valence-corrected chi connectivity index (χ3v) is 7.84. The summed E-state index contributed by atoms with van der Waals surface area (Å²) in [5, 5.41) is 19.2. The first kappa shape index (κ1) is 20.8. The van der Waals surface area contributed by atoms with Crippen LogP contribution in [0.2, 0.25) is 0 Å². The van der Waals surface area contributed by atoms with E-state index in [1.165, 1.54) is 66.8 Å². The molecule has 1 aliphatic rings. The van der Waals surface area contributed by atoms with Crippen LogP contribution in [-0.2, 0) is 5.41 Å². The fourth-order valence-corrected chi connectivity index (χ4v) is 6.07. The lowest BCUT2D eigenvalue weighted by Crippen LogP contribution is -2.15. The van der Waals surface area contributed by atoms with Crippen LogP contribution < -0.4 is 0 Å². The number of pyridine rings is 1. The molecule has 0 N–H and O–H groups in total. The molecule has 0 bridgehead atoms. The van der Waals surface area contributed by atoms with Gasteiger partial charge in [-0.15, -0.1) is 0 Å². The number of benzene rings is 5. The molecule has 172 valence electrons. The van der Waals surface area contributed by atoms with Crippen LogP contribution in [0.4, 0.5) is 5.69 Å². The highest BCUT2D eigenvalue weighted by atomic mass is 16.6. The van der Waals surface area contributed by atoms with E-state index in [1.54, 1.807) is 6.20 Å². The van der Waals surface area contributed by atoms with Gasteiger partial charge in [0, 0.05) is 23.9 Å². The molecule has 0 saturated heterocycles. The van der Waals surface area contributed by atoms with Crippen LogP contribution in [0, 0.1) is 10.1 Å². The zero-order chi connectivity index (χ0) is 24.6. The summed E-state index contributed by atoms with van der Waals surface area (Å²) >= 11 is 0. The van der Waals surface area contributed by atoms with Gasteiger partial charge in [0.2, 0.25) is 0 Å². The average molecular weight is 467 g/mol. The molecule has 4 heteroatoms. The first-order valence-corrected chi connectivity index (χ1v) is 12.1. The summed E-state index contributed by atoms with van der Waals surface area (Å²) in [5.41, 5.74) is 6.05. The second-order valence-electron chi connectivity index (χ2n) is 10.1. The molecule has 5 aromatic carbocycles. The van der Waals surface area contributed by atoms with Gasteiger partial charge in [-0.1, -0.05) is 74.5 Å². The Kier molecular flexibility index (Phi) is 4.16. The van der Waals surface area contributed by atoms with Crippen molar-refractivity contribution in [2.75, 3.05) is 0 Å². The van der Waals surface area contributed by atoms with Crippen molar-refractivity contribution in [3.05, 3.63) is 119 Å². The van der Waals surface area contributed by atoms with Gasteiger partial charge in [-0.05, 0) is 78.3 Å². The Morgan fingerprint density at radius 2 is 1.25 bits per heavy atom. The van der Waals surface area contributed by atoms with E-state index in [0.717, 1.165) is 5.56 Å². The number of fused-ring (bicyclic) bond motifs is 9. The Balaban J connectivity index is 1.53. The molecule has 0 saturated carbocycles. The lowest BCUT2D eigenvalue weighted by atomic mass is 9.80. The zero-order valence-corrected chi connectivity index (χ0v) is 19.9. The molecular formula is C32H22N2O2. The largest absolute Gasteiger partial charge is 0.280 e. The molecule has 1 aliphatic carbocycles. The maximum Gasteiger partial charge on any atom is 0.280 e. The maximum absolute atomic E-state index is 11.7. The number of hydrogen-bond acceptors (Lipinski definition) is 3. The number of nitrogens with zero attached hydrogens (tertiary/aromatic N) is 2. The lowest BCUT2D eigenvalue weighted by molar-refractivity contribution is -0.384. The van der Waals surface area contributed by atoms with Gasteiger partial charge < -0.3 is 0 Å². The molecule has 0 spiro atoms. The minimum Gasteiger partial charge on any atom is -0.264 e. The smallest absolute Gasteiger partial charge is 0.264 e. The Morgan fingerprint density at radius 3 is 1.89 bits per heavy atom. The summed E-state index contributed by atoms with van der Waals surface area (Å²) < 4.78 is 0. The lowest BCUT2D eigenvalue weighted by Gasteiger charge is -2.23. The number of rotatable bonds is 2. The third-order valence-electron chi connectivity index (χ3n) is 7.84. The normalized spacial score (nSPS) is 13.7. The van der Waals surface area contributed by atoms with Crippen molar-refractivity contribution in [2.24, 2.45) is 0 Å². The van der Waals surface area contributed by atoms with E-state index >= 15 is 0 Å². The SMILES string of the molecule is CC1(C)c2cc(-c3cnccc3[N+](=O)[O-])ccc2-c2cc3c4ccccc4c4ccccc4c3cc21. The van der Waals surface area contributed by atoms with Crippen molar-refractivity contribution in [3.8, 4) is 22.3 Å². The number of hydrogen-bond donors (Lipinski definition) is 0. The van der Waals surface area contributed by atoms with Gasteiger partial charge in [-0.25, -0.2) is 0 Å². The fourth-order valence-electron chi connectivity index (χ4n) is 6.07. The second kappa shape index (κ2) is 7.22. The van der Waals surface area contributed by atoms with Crippen LogP contribution in [0.5, 0.6) is 0 Å². The molecular weight excluding hydrogens is 444 g/mol. The van der Waals surface area contributed by atoms with E-state index in [9.17, 15) is 10.1 Å². The molecule has 1 aromatic heterocycles. The summed E-state index contributed by atoms with van der Waals surface area (Å²) in [5.74, 6) is 0. The average Bonchev–Trinajstić information content (AvgIpc) is 3.13. The minimum atomic E-state index is -0.340. The van der Waals surface area contributed by atoms with Gasteiger partial charge >= 0.3 is 0 Å². The molecule has 0 aliphatic heterocycles. The quantitative estimate of drug-likeness (QED) is 0.146. The summed E-state index contributed by atoms with van der Waals surface area (Å²) in [6, 6.07) is 29.6. The van der Waals surface area contributed by atoms with Crippen molar-refractivity contribution in [3.63, 3.8) is 0 Å². The Bertz CT molecular complexity index is 1900. The molecule has 0 amide bonds. The van der Waals surface area contributed by atoms with Crippen LogP contribution in [0.3, 0.4) is 0 Å². The van der Waals surface area contributed by atoms with Crippen molar-refractivity contribution in [1.29, 1.82) is 0 Å². The van der Waals surface area contributed by atoms with Gasteiger partial charge in [-0.2, -0.15) is 0 Å². The standard InChI is InChI=1S/C32H22N2O2/c1-32(2)29-15-19(28-18-33-14-13-31(28)34(35)36)11-12-24(29)27-16-25-22-9-5-3-7-20(22)21-8-4-6-10-23(21)26(25)17-30(27)32/h3-18H,1-2H3. The first-order chi connectivity index (χ1) is 17.4. The predicted octanol–water partition coefficient (Wildman–Crippen LogP) is 8.42. The highest BCUT2D eigenvalue weighted by molar-refractivity contribution is 6.26. The van der Waals surface area contributed by atoms with E-state index in [2.05, 4.69) is 91.6 Å². The summed E-state index contributed by atoms with van der Waals surface area (Å²) in [7, 11) is 0. The third kappa shape index (κ3) is 2.73. The highest BCUT2D eigenvalue weighted by Gasteiger charge is 2.36. The molecule has 0 radical (unpaired) electrons. The van der Waals surface area contributed by atoms with Crippen LogP contribution in [-0.4, -0.2) is 9.91 Å². The van der Waals surface area contributed by atoms with Crippen LogP contribution in [0.15, 0.2) is 97.3 Å². The second-order valence-corrected chi connectivity index (χ2v) is 10.1. The van der Waals surface area contributed by atoms with Crippen molar-refractivity contribution in [2.45, 2.75) is 19.3 Å². The minimum absolute atomic E-state index is 0.0712. The van der Waals surface area contributed by atoms with E-state index in [-0.39, 0.29) is 16.0 Å². The zero-order valence-electron chi connectivity index (χ0n) is 19.9. The number of nitro groups is 1. The van der Waals surface area contributed by atoms with Crippen LogP contribution in [0.1, 0.15) is 25.0 Å². The van der Waals surface area contributed by atoms with Gasteiger partial charge in [0.1, 0.15) is 0 Å². The van der Waals surface area contributed by atoms with Crippen molar-refractivity contribution >= 4 is 38.0 Å².